The van der Waals surface area contributed by atoms with E-state index >= 15 is 0 Å². The van der Waals surface area contributed by atoms with Gasteiger partial charge in [0.05, 0.1) is 39.0 Å². The minimum Gasteiger partial charge on any atom is -0.493 e. The molecule has 0 bridgehead atoms. The molecule has 0 aliphatic rings. The second-order valence-electron chi connectivity index (χ2n) is 5.39. The van der Waals surface area contributed by atoms with Crippen molar-refractivity contribution in [2.24, 2.45) is 0 Å². The normalized spacial score (nSPS) is 10.9. The first-order valence-corrected chi connectivity index (χ1v) is 9.61. The van der Waals surface area contributed by atoms with Crippen molar-refractivity contribution in [3.05, 3.63) is 30.5 Å². The summed E-state index contributed by atoms with van der Waals surface area (Å²) in [5, 5.41) is 3.16. The molecule has 9 heteroatoms. The minimum absolute atomic E-state index is 0.0557. The number of benzene rings is 1. The van der Waals surface area contributed by atoms with Crippen molar-refractivity contribution in [3.63, 3.8) is 0 Å². The predicted octanol–water partition coefficient (Wildman–Crippen LogP) is 3.00. The van der Waals surface area contributed by atoms with Gasteiger partial charge in [0.25, 0.3) is 0 Å². The van der Waals surface area contributed by atoms with E-state index in [0.29, 0.717) is 35.0 Å². The zero-order valence-electron chi connectivity index (χ0n) is 15.2. The van der Waals surface area contributed by atoms with E-state index < -0.39 is 10.0 Å². The maximum absolute atomic E-state index is 11.8. The lowest BCUT2D eigenvalue weighted by atomic mass is 10.2. The molecule has 1 aromatic carbocycles. The molecule has 0 aliphatic heterocycles. The molecule has 142 valence electrons. The number of hydrogen-bond donors (Lipinski definition) is 2. The zero-order chi connectivity index (χ0) is 19.2. The molecule has 0 unspecified atom stereocenters. The van der Waals surface area contributed by atoms with Gasteiger partial charge in [-0.1, -0.05) is 6.92 Å². The van der Waals surface area contributed by atoms with Gasteiger partial charge in [-0.25, -0.2) is 13.4 Å². The van der Waals surface area contributed by atoms with E-state index in [-0.39, 0.29) is 11.6 Å². The summed E-state index contributed by atoms with van der Waals surface area (Å²) in [6.45, 7) is 1.80. The second kappa shape index (κ2) is 8.61. The van der Waals surface area contributed by atoms with Crippen molar-refractivity contribution in [2.75, 3.05) is 37.1 Å². The monoisotopic (exact) mass is 381 g/mol. The minimum atomic E-state index is -3.36. The lowest BCUT2D eigenvalue weighted by Crippen LogP contribution is -2.16. The Morgan fingerprint density at radius 3 is 2.12 bits per heavy atom. The number of hydrogen-bond acceptors (Lipinski definition) is 7. The quantitative estimate of drug-likeness (QED) is 0.689. The third-order valence-corrected chi connectivity index (χ3v) is 4.92. The van der Waals surface area contributed by atoms with E-state index in [0.717, 1.165) is 0 Å². The van der Waals surface area contributed by atoms with E-state index in [1.165, 1.54) is 13.3 Å². The van der Waals surface area contributed by atoms with Crippen LogP contribution in [0.15, 0.2) is 30.5 Å². The summed E-state index contributed by atoms with van der Waals surface area (Å²) in [5.74, 6) is 1.87. The van der Waals surface area contributed by atoms with Crippen molar-refractivity contribution in [1.29, 1.82) is 0 Å². The van der Waals surface area contributed by atoms with Crippen LogP contribution < -0.4 is 24.2 Å². The second-order valence-corrected chi connectivity index (χ2v) is 7.23. The first kappa shape index (κ1) is 19.6. The molecule has 2 rings (SSSR count). The number of aromatic nitrogens is 1. The van der Waals surface area contributed by atoms with Gasteiger partial charge in [-0.05, 0) is 18.6 Å². The van der Waals surface area contributed by atoms with Crippen LogP contribution in [0.25, 0.3) is 0 Å². The number of ether oxygens (including phenoxy) is 3. The van der Waals surface area contributed by atoms with Gasteiger partial charge in [0.2, 0.25) is 15.8 Å². The van der Waals surface area contributed by atoms with Gasteiger partial charge >= 0.3 is 0 Å². The number of methoxy groups -OCH3 is 3. The topological polar surface area (TPSA) is 98.8 Å². The van der Waals surface area contributed by atoms with E-state index in [1.807, 2.05) is 0 Å². The fourth-order valence-corrected chi connectivity index (χ4v) is 3.41. The van der Waals surface area contributed by atoms with Crippen LogP contribution in [0, 0.1) is 0 Å². The SMILES string of the molecule is CCCS(=O)(=O)Nc1ccc(Nc2cc(OC)c(OC)c(OC)c2)cn1. The molecule has 0 spiro atoms. The van der Waals surface area contributed by atoms with Gasteiger partial charge in [0.1, 0.15) is 5.82 Å². The number of nitrogens with zero attached hydrogens (tertiary/aromatic N) is 1. The fourth-order valence-electron chi connectivity index (χ4n) is 2.33. The molecule has 0 radical (unpaired) electrons. The molecule has 0 saturated heterocycles. The van der Waals surface area contributed by atoms with Crippen LogP contribution in [0.2, 0.25) is 0 Å². The summed E-state index contributed by atoms with van der Waals surface area (Å²) in [6.07, 6.45) is 2.07. The molecule has 0 saturated carbocycles. The van der Waals surface area contributed by atoms with Crippen LogP contribution in [0.5, 0.6) is 17.2 Å². The highest BCUT2D eigenvalue weighted by Gasteiger charge is 2.14. The summed E-state index contributed by atoms with van der Waals surface area (Å²) in [4.78, 5) is 4.12. The van der Waals surface area contributed by atoms with Crippen molar-refractivity contribution in [1.82, 2.24) is 4.98 Å². The number of pyridine rings is 1. The van der Waals surface area contributed by atoms with Gasteiger partial charge in [-0.15, -0.1) is 0 Å². The Morgan fingerprint density at radius 1 is 1.00 bits per heavy atom. The molecule has 2 aromatic rings. The molecule has 26 heavy (non-hydrogen) atoms. The Bertz CT molecular complexity index is 813. The van der Waals surface area contributed by atoms with Crippen LogP contribution in [0.4, 0.5) is 17.2 Å². The average Bonchev–Trinajstić information content (AvgIpc) is 2.62. The van der Waals surface area contributed by atoms with E-state index in [2.05, 4.69) is 15.0 Å². The molecule has 1 aromatic heterocycles. The highest BCUT2D eigenvalue weighted by molar-refractivity contribution is 7.92. The zero-order valence-corrected chi connectivity index (χ0v) is 16.0. The summed E-state index contributed by atoms with van der Waals surface area (Å²) >= 11 is 0. The third-order valence-electron chi connectivity index (χ3n) is 3.45. The summed E-state index contributed by atoms with van der Waals surface area (Å²) in [6, 6.07) is 6.84. The molecule has 0 aliphatic carbocycles. The summed E-state index contributed by atoms with van der Waals surface area (Å²) in [7, 11) is 1.26. The van der Waals surface area contributed by atoms with Crippen LogP contribution in [-0.2, 0) is 10.0 Å². The number of nitrogens with one attached hydrogen (secondary N) is 2. The maximum Gasteiger partial charge on any atom is 0.233 e. The largest absolute Gasteiger partial charge is 0.493 e. The van der Waals surface area contributed by atoms with Crippen molar-refractivity contribution in [3.8, 4) is 17.2 Å². The Balaban J connectivity index is 2.19. The van der Waals surface area contributed by atoms with Crippen molar-refractivity contribution < 1.29 is 22.6 Å². The van der Waals surface area contributed by atoms with Crippen LogP contribution >= 0.6 is 0 Å². The maximum atomic E-state index is 11.8. The van der Waals surface area contributed by atoms with Gasteiger partial charge in [0, 0.05) is 17.8 Å². The Labute approximate surface area is 153 Å². The smallest absolute Gasteiger partial charge is 0.233 e. The lowest BCUT2D eigenvalue weighted by Gasteiger charge is -2.15. The Morgan fingerprint density at radius 2 is 1.65 bits per heavy atom. The number of anilines is 3. The molecular weight excluding hydrogens is 358 g/mol. The molecule has 0 fully saturated rings. The molecule has 2 N–H and O–H groups in total. The van der Waals surface area contributed by atoms with Gasteiger partial charge in [0.15, 0.2) is 11.5 Å². The highest BCUT2D eigenvalue weighted by Crippen LogP contribution is 2.40. The number of sulfonamides is 1. The predicted molar refractivity (Wildman–Crippen MR) is 101 cm³/mol. The molecule has 0 atom stereocenters. The molecular formula is C17H23N3O5S. The van der Waals surface area contributed by atoms with Crippen LogP contribution in [-0.4, -0.2) is 40.5 Å². The molecule has 0 amide bonds. The lowest BCUT2D eigenvalue weighted by molar-refractivity contribution is 0.324. The summed E-state index contributed by atoms with van der Waals surface area (Å²) in [5.41, 5.74) is 1.39. The molecule has 8 nitrogen and oxygen atoms in total. The van der Waals surface area contributed by atoms with Gasteiger partial charge < -0.3 is 19.5 Å². The van der Waals surface area contributed by atoms with E-state index in [4.69, 9.17) is 14.2 Å². The number of rotatable bonds is 9. The Hall–Kier alpha value is -2.68. The fraction of sp³-hybridized carbons (Fsp3) is 0.353. The highest BCUT2D eigenvalue weighted by atomic mass is 32.2. The van der Waals surface area contributed by atoms with Crippen LogP contribution in [0.1, 0.15) is 13.3 Å². The first-order valence-electron chi connectivity index (χ1n) is 7.96. The van der Waals surface area contributed by atoms with Gasteiger partial charge in [-0.3, -0.25) is 4.72 Å². The Kier molecular flexibility index (Phi) is 6.51. The van der Waals surface area contributed by atoms with E-state index in [1.54, 1.807) is 45.4 Å². The van der Waals surface area contributed by atoms with E-state index in [9.17, 15) is 8.42 Å². The molecule has 1 heterocycles. The van der Waals surface area contributed by atoms with Crippen molar-refractivity contribution >= 4 is 27.2 Å². The summed E-state index contributed by atoms with van der Waals surface area (Å²) < 4.78 is 41.9. The van der Waals surface area contributed by atoms with Crippen LogP contribution in [0.3, 0.4) is 0 Å². The average molecular weight is 381 g/mol. The van der Waals surface area contributed by atoms with Gasteiger partial charge in [-0.2, -0.15) is 0 Å². The first-order chi connectivity index (χ1) is 12.4. The standard InChI is InChI=1S/C17H23N3O5S/c1-5-8-26(21,22)20-16-7-6-12(11-18-16)19-13-9-14(23-2)17(25-4)15(10-13)24-3/h6-7,9-11,19H,5,8H2,1-4H3,(H,18,20). The van der Waals surface area contributed by atoms with Crippen molar-refractivity contribution in [2.45, 2.75) is 13.3 Å². The third kappa shape index (κ3) is 4.92.